The molecule has 0 bridgehead atoms. The van der Waals surface area contributed by atoms with Gasteiger partial charge < -0.3 is 5.11 Å². The maximum Gasteiger partial charge on any atom is 0.394 e. The van der Waals surface area contributed by atoms with Crippen LogP contribution in [0.25, 0.3) is 6.08 Å². The average molecular weight is 192 g/mol. The predicted octanol–water partition coefficient (Wildman–Crippen LogP) is -0.0541. The first kappa shape index (κ1) is 9.85. The predicted molar refractivity (Wildman–Crippen MR) is 47.1 cm³/mol. The largest absolute Gasteiger partial charge is 0.474 e. The molecule has 0 aromatic carbocycles. The molecule has 0 aliphatic carbocycles. The van der Waals surface area contributed by atoms with E-state index in [9.17, 15) is 9.59 Å². The van der Waals surface area contributed by atoms with Crippen molar-refractivity contribution in [3.05, 3.63) is 24.5 Å². The Morgan fingerprint density at radius 2 is 2.29 bits per heavy atom. The molecular weight excluding hydrogens is 186 g/mol. The molecule has 0 saturated heterocycles. The fourth-order valence-electron chi connectivity index (χ4n) is 0.681. The Labute approximate surface area is 79.3 Å². The van der Waals surface area contributed by atoms with Gasteiger partial charge in [-0.3, -0.25) is 10.1 Å². The molecule has 1 heterocycles. The number of nitrogens with one attached hydrogen (secondary N) is 1. The SMILES string of the molecule is [CH]=Cc1ccnc(NC(=O)C(=O)O)n1. The van der Waals surface area contributed by atoms with Gasteiger partial charge in [-0.15, -0.1) is 0 Å². The zero-order valence-electron chi connectivity index (χ0n) is 6.97. The van der Waals surface area contributed by atoms with Crippen LogP contribution in [0.5, 0.6) is 0 Å². The molecule has 1 amide bonds. The maximum absolute atomic E-state index is 10.7. The average Bonchev–Trinajstić information content (AvgIpc) is 2.18. The lowest BCUT2D eigenvalue weighted by atomic mass is 10.4. The molecule has 1 rings (SSSR count). The van der Waals surface area contributed by atoms with Crippen molar-refractivity contribution in [2.24, 2.45) is 0 Å². The molecule has 14 heavy (non-hydrogen) atoms. The molecule has 71 valence electrons. The molecule has 0 fully saturated rings. The number of amides is 1. The van der Waals surface area contributed by atoms with Crippen LogP contribution in [0.4, 0.5) is 5.95 Å². The van der Waals surface area contributed by atoms with Crippen molar-refractivity contribution in [3.63, 3.8) is 0 Å². The fraction of sp³-hybridized carbons (Fsp3) is 0. The van der Waals surface area contributed by atoms with Gasteiger partial charge in [-0.2, -0.15) is 0 Å². The topological polar surface area (TPSA) is 92.2 Å². The number of anilines is 1. The third-order valence-corrected chi connectivity index (χ3v) is 1.27. The summed E-state index contributed by atoms with van der Waals surface area (Å²) in [5.41, 5.74) is 0.390. The molecule has 2 N–H and O–H groups in total. The molecule has 1 aromatic rings. The van der Waals surface area contributed by atoms with Crippen molar-refractivity contribution in [3.8, 4) is 0 Å². The second kappa shape index (κ2) is 4.13. The molecule has 0 aliphatic rings. The van der Waals surface area contributed by atoms with E-state index >= 15 is 0 Å². The van der Waals surface area contributed by atoms with Gasteiger partial charge in [-0.05, 0) is 12.1 Å². The second-order valence-corrected chi connectivity index (χ2v) is 2.23. The highest BCUT2D eigenvalue weighted by Crippen LogP contribution is 2.00. The molecule has 0 atom stereocenters. The van der Waals surface area contributed by atoms with Crippen LogP contribution < -0.4 is 5.32 Å². The van der Waals surface area contributed by atoms with Crippen molar-refractivity contribution >= 4 is 23.9 Å². The minimum atomic E-state index is -1.60. The number of hydrogen-bond donors (Lipinski definition) is 2. The summed E-state index contributed by atoms with van der Waals surface area (Å²) in [5, 5.41) is 10.2. The number of carbonyl (C=O) groups is 2. The first-order valence-corrected chi connectivity index (χ1v) is 3.55. The lowest BCUT2D eigenvalue weighted by molar-refractivity contribution is -0.147. The Morgan fingerprint density at radius 1 is 1.57 bits per heavy atom. The summed E-state index contributed by atoms with van der Waals surface area (Å²) in [7, 11) is 0. The summed E-state index contributed by atoms with van der Waals surface area (Å²) in [6.45, 7) is 5.17. The van der Waals surface area contributed by atoms with Crippen LogP contribution in [-0.2, 0) is 9.59 Å². The van der Waals surface area contributed by atoms with Crippen molar-refractivity contribution in [2.75, 3.05) is 5.32 Å². The Bertz CT molecular complexity index is 389. The summed E-state index contributed by atoms with van der Waals surface area (Å²) in [4.78, 5) is 28.2. The van der Waals surface area contributed by atoms with E-state index < -0.39 is 11.9 Å². The highest BCUT2D eigenvalue weighted by molar-refractivity contribution is 6.36. The molecule has 6 heteroatoms. The zero-order valence-corrected chi connectivity index (χ0v) is 6.97. The fourth-order valence-corrected chi connectivity index (χ4v) is 0.681. The van der Waals surface area contributed by atoms with Gasteiger partial charge in [0.2, 0.25) is 5.95 Å². The van der Waals surface area contributed by atoms with Crippen molar-refractivity contribution in [2.45, 2.75) is 0 Å². The number of hydrogen-bond acceptors (Lipinski definition) is 4. The van der Waals surface area contributed by atoms with Crippen molar-refractivity contribution in [1.29, 1.82) is 0 Å². The van der Waals surface area contributed by atoms with Crippen LogP contribution in [0.3, 0.4) is 0 Å². The van der Waals surface area contributed by atoms with Gasteiger partial charge in [0.25, 0.3) is 0 Å². The lowest BCUT2D eigenvalue weighted by Gasteiger charge is -1.99. The molecule has 0 aliphatic heterocycles. The van der Waals surface area contributed by atoms with E-state index in [1.165, 1.54) is 18.3 Å². The number of carboxylic acid groups (broad SMARTS) is 1. The highest BCUT2D eigenvalue weighted by Gasteiger charge is 2.12. The number of aromatic nitrogens is 2. The Kier molecular flexibility index (Phi) is 2.90. The Morgan fingerprint density at radius 3 is 2.86 bits per heavy atom. The van der Waals surface area contributed by atoms with E-state index in [2.05, 4.69) is 9.97 Å². The van der Waals surface area contributed by atoms with Crippen LogP contribution in [0.15, 0.2) is 12.3 Å². The van der Waals surface area contributed by atoms with E-state index in [4.69, 9.17) is 11.7 Å². The highest BCUT2D eigenvalue weighted by atomic mass is 16.4. The van der Waals surface area contributed by atoms with E-state index in [1.54, 1.807) is 0 Å². The van der Waals surface area contributed by atoms with Crippen LogP contribution in [0.1, 0.15) is 5.69 Å². The zero-order chi connectivity index (χ0) is 10.6. The molecule has 0 spiro atoms. The standard InChI is InChI=1S/C8H6N3O3/c1-2-5-3-4-9-8(10-5)11-6(12)7(13)14/h1-4H,(H,13,14)(H,9,10,11,12). The van der Waals surface area contributed by atoms with Gasteiger partial charge in [0.05, 0.1) is 5.69 Å². The first-order valence-electron chi connectivity index (χ1n) is 3.55. The van der Waals surface area contributed by atoms with E-state index in [-0.39, 0.29) is 5.95 Å². The molecular formula is C8H6N3O3. The molecule has 0 saturated carbocycles. The number of carboxylic acids is 1. The van der Waals surface area contributed by atoms with Crippen LogP contribution >= 0.6 is 0 Å². The van der Waals surface area contributed by atoms with Gasteiger partial charge in [-0.25, -0.2) is 14.8 Å². The van der Waals surface area contributed by atoms with Crippen LogP contribution in [0.2, 0.25) is 0 Å². The summed E-state index contributed by atoms with van der Waals surface area (Å²) < 4.78 is 0. The van der Waals surface area contributed by atoms with Crippen molar-refractivity contribution < 1.29 is 14.7 Å². The molecule has 0 unspecified atom stereocenters. The normalized spacial score (nSPS) is 9.14. The van der Waals surface area contributed by atoms with Gasteiger partial charge in [0.15, 0.2) is 0 Å². The quantitative estimate of drug-likeness (QED) is 0.640. The van der Waals surface area contributed by atoms with E-state index in [0.717, 1.165) is 0 Å². The summed E-state index contributed by atoms with van der Waals surface area (Å²) in [5.74, 6) is -2.90. The molecule has 1 aromatic heterocycles. The first-order chi connectivity index (χ1) is 6.63. The second-order valence-electron chi connectivity index (χ2n) is 2.23. The van der Waals surface area contributed by atoms with Gasteiger partial charge in [0, 0.05) is 6.20 Å². The van der Waals surface area contributed by atoms with Crippen molar-refractivity contribution in [1.82, 2.24) is 9.97 Å². The van der Waals surface area contributed by atoms with E-state index in [0.29, 0.717) is 5.69 Å². The Hall–Kier alpha value is -2.24. The molecule has 1 radical (unpaired) electrons. The van der Waals surface area contributed by atoms with E-state index in [1.807, 2.05) is 5.32 Å². The van der Waals surface area contributed by atoms with Crippen LogP contribution in [0, 0.1) is 6.58 Å². The third kappa shape index (κ3) is 2.37. The summed E-state index contributed by atoms with van der Waals surface area (Å²) >= 11 is 0. The maximum atomic E-state index is 10.7. The van der Waals surface area contributed by atoms with Gasteiger partial charge in [-0.1, -0.05) is 6.58 Å². The number of aliphatic carboxylic acids is 1. The minimum absolute atomic E-state index is 0.100. The lowest BCUT2D eigenvalue weighted by Crippen LogP contribution is -2.23. The van der Waals surface area contributed by atoms with Crippen LogP contribution in [-0.4, -0.2) is 27.0 Å². The number of nitrogens with zero attached hydrogens (tertiary/aromatic N) is 2. The monoisotopic (exact) mass is 192 g/mol. The smallest absolute Gasteiger partial charge is 0.394 e. The summed E-state index contributed by atoms with van der Waals surface area (Å²) in [6, 6.07) is 1.51. The summed E-state index contributed by atoms with van der Waals surface area (Å²) in [6.07, 6.45) is 2.56. The third-order valence-electron chi connectivity index (χ3n) is 1.27. The molecule has 6 nitrogen and oxygen atoms in total. The number of carbonyl (C=O) groups excluding carboxylic acids is 1. The minimum Gasteiger partial charge on any atom is -0.474 e. The van der Waals surface area contributed by atoms with Gasteiger partial charge >= 0.3 is 11.9 Å². The number of rotatable bonds is 2. The Balaban J connectivity index is 2.81. The van der Waals surface area contributed by atoms with Gasteiger partial charge in [0.1, 0.15) is 0 Å².